The van der Waals surface area contributed by atoms with Gasteiger partial charge in [0.1, 0.15) is 0 Å². The minimum absolute atomic E-state index is 0.120. The van der Waals surface area contributed by atoms with E-state index < -0.39 is 0 Å². The highest BCUT2D eigenvalue weighted by molar-refractivity contribution is 7.09. The molecule has 1 saturated heterocycles. The predicted octanol–water partition coefficient (Wildman–Crippen LogP) is 2.18. The van der Waals surface area contributed by atoms with Gasteiger partial charge in [-0.2, -0.15) is 0 Å². The Morgan fingerprint density at radius 1 is 1.00 bits per heavy atom. The third-order valence-electron chi connectivity index (χ3n) is 4.12. The van der Waals surface area contributed by atoms with Gasteiger partial charge in [0.15, 0.2) is 0 Å². The molecule has 1 N–H and O–H groups in total. The van der Waals surface area contributed by atoms with Crippen LogP contribution in [-0.4, -0.2) is 48.4 Å². The lowest BCUT2D eigenvalue weighted by Gasteiger charge is -2.34. The Balaban J connectivity index is 1.36. The zero-order chi connectivity index (χ0) is 15.9. The number of rotatable bonds is 6. The van der Waals surface area contributed by atoms with Gasteiger partial charge < -0.3 is 5.32 Å². The van der Waals surface area contributed by atoms with Crippen molar-refractivity contribution in [2.75, 3.05) is 32.7 Å². The summed E-state index contributed by atoms with van der Waals surface area (Å²) in [6, 6.07) is 14.6. The van der Waals surface area contributed by atoms with Crippen molar-refractivity contribution >= 4 is 17.2 Å². The Kier molecular flexibility index (Phi) is 5.80. The molecule has 0 radical (unpaired) electrons. The molecule has 2 aromatic rings. The standard InChI is InChI=1S/C18H23N3OS/c22-18(19-13-17-7-4-12-23-17)15-21-10-8-20(9-11-21)14-16-5-2-1-3-6-16/h1-7,12H,8-11,13-15H2,(H,19,22). The van der Waals surface area contributed by atoms with Gasteiger partial charge in [-0.05, 0) is 17.0 Å². The lowest BCUT2D eigenvalue weighted by atomic mass is 10.2. The Morgan fingerprint density at radius 3 is 2.43 bits per heavy atom. The number of hydrogen-bond donors (Lipinski definition) is 1. The molecule has 0 spiro atoms. The molecule has 5 heteroatoms. The van der Waals surface area contributed by atoms with Crippen LogP contribution in [0, 0.1) is 0 Å². The summed E-state index contributed by atoms with van der Waals surface area (Å²) in [5.74, 6) is 0.120. The van der Waals surface area contributed by atoms with Gasteiger partial charge in [-0.3, -0.25) is 14.6 Å². The van der Waals surface area contributed by atoms with Crippen LogP contribution in [0.1, 0.15) is 10.4 Å². The summed E-state index contributed by atoms with van der Waals surface area (Å²) in [5.41, 5.74) is 1.36. The lowest BCUT2D eigenvalue weighted by Crippen LogP contribution is -2.49. The Labute approximate surface area is 141 Å². The quantitative estimate of drug-likeness (QED) is 0.882. The molecule has 4 nitrogen and oxygen atoms in total. The fourth-order valence-corrected chi connectivity index (χ4v) is 3.45. The zero-order valence-electron chi connectivity index (χ0n) is 13.3. The van der Waals surface area contributed by atoms with E-state index in [2.05, 4.69) is 45.4 Å². The molecule has 1 aliphatic rings. The van der Waals surface area contributed by atoms with Crippen molar-refractivity contribution in [3.05, 3.63) is 58.3 Å². The van der Waals surface area contributed by atoms with Gasteiger partial charge in [0, 0.05) is 37.6 Å². The Bertz CT molecular complexity index is 592. The van der Waals surface area contributed by atoms with Crippen LogP contribution < -0.4 is 5.32 Å². The molecule has 0 saturated carbocycles. The molecule has 0 unspecified atom stereocenters. The molecule has 1 aromatic carbocycles. The molecular weight excluding hydrogens is 306 g/mol. The number of nitrogens with one attached hydrogen (secondary N) is 1. The van der Waals surface area contributed by atoms with Crippen LogP contribution in [0.4, 0.5) is 0 Å². The van der Waals surface area contributed by atoms with Crippen molar-refractivity contribution in [2.45, 2.75) is 13.1 Å². The lowest BCUT2D eigenvalue weighted by molar-refractivity contribution is -0.122. The molecular formula is C18H23N3OS. The number of carbonyl (C=O) groups excluding carboxylic acids is 1. The van der Waals surface area contributed by atoms with Crippen LogP contribution in [0.3, 0.4) is 0 Å². The van der Waals surface area contributed by atoms with Crippen LogP contribution in [0.5, 0.6) is 0 Å². The number of nitrogens with zero attached hydrogens (tertiary/aromatic N) is 2. The van der Waals surface area contributed by atoms with Crippen LogP contribution in [0.2, 0.25) is 0 Å². The highest BCUT2D eigenvalue weighted by atomic mass is 32.1. The van der Waals surface area contributed by atoms with Crippen LogP contribution in [0.15, 0.2) is 47.8 Å². The van der Waals surface area contributed by atoms with Gasteiger partial charge in [0.25, 0.3) is 0 Å². The molecule has 23 heavy (non-hydrogen) atoms. The Morgan fingerprint density at radius 2 is 1.74 bits per heavy atom. The van der Waals surface area contributed by atoms with E-state index in [1.165, 1.54) is 10.4 Å². The maximum absolute atomic E-state index is 12.0. The maximum atomic E-state index is 12.0. The molecule has 3 rings (SSSR count). The van der Waals surface area contributed by atoms with Gasteiger partial charge in [-0.1, -0.05) is 36.4 Å². The minimum Gasteiger partial charge on any atom is -0.350 e. The van der Waals surface area contributed by atoms with E-state index in [0.29, 0.717) is 13.1 Å². The molecule has 1 aromatic heterocycles. The maximum Gasteiger partial charge on any atom is 0.234 e. The van der Waals surface area contributed by atoms with Gasteiger partial charge in [0.2, 0.25) is 5.91 Å². The van der Waals surface area contributed by atoms with Crippen LogP contribution in [0.25, 0.3) is 0 Å². The average molecular weight is 329 g/mol. The number of amides is 1. The van der Waals surface area contributed by atoms with Crippen molar-refractivity contribution in [3.63, 3.8) is 0 Å². The molecule has 0 atom stereocenters. The second kappa shape index (κ2) is 8.24. The molecule has 122 valence electrons. The number of thiophene rings is 1. The molecule has 1 fully saturated rings. The van der Waals surface area contributed by atoms with Crippen LogP contribution in [-0.2, 0) is 17.9 Å². The van der Waals surface area contributed by atoms with Gasteiger partial charge in [-0.25, -0.2) is 0 Å². The fraction of sp³-hybridized carbons (Fsp3) is 0.389. The molecule has 1 amide bonds. The van der Waals surface area contributed by atoms with Crippen LogP contribution >= 0.6 is 11.3 Å². The Hall–Kier alpha value is -1.69. The van der Waals surface area contributed by atoms with Gasteiger partial charge in [0.05, 0.1) is 13.1 Å². The first kappa shape index (κ1) is 16.2. The second-order valence-corrected chi connectivity index (χ2v) is 6.93. The van der Waals surface area contributed by atoms with Crippen molar-refractivity contribution in [2.24, 2.45) is 0 Å². The SMILES string of the molecule is O=C(CN1CCN(Cc2ccccc2)CC1)NCc1cccs1. The third kappa shape index (κ3) is 5.16. The first-order chi connectivity index (χ1) is 11.3. The molecule has 0 aliphatic carbocycles. The third-order valence-corrected chi connectivity index (χ3v) is 5.00. The summed E-state index contributed by atoms with van der Waals surface area (Å²) in [5, 5.41) is 5.03. The molecule has 0 bridgehead atoms. The fourth-order valence-electron chi connectivity index (χ4n) is 2.80. The number of hydrogen-bond acceptors (Lipinski definition) is 4. The number of carbonyl (C=O) groups is 1. The van der Waals surface area contributed by atoms with Crippen molar-refractivity contribution in [1.29, 1.82) is 0 Å². The zero-order valence-corrected chi connectivity index (χ0v) is 14.1. The summed E-state index contributed by atoms with van der Waals surface area (Å²) in [7, 11) is 0. The van der Waals surface area contributed by atoms with E-state index in [0.717, 1.165) is 32.7 Å². The average Bonchev–Trinajstić information content (AvgIpc) is 3.09. The van der Waals surface area contributed by atoms with Crippen molar-refractivity contribution in [3.8, 4) is 0 Å². The largest absolute Gasteiger partial charge is 0.350 e. The second-order valence-electron chi connectivity index (χ2n) is 5.89. The minimum atomic E-state index is 0.120. The highest BCUT2D eigenvalue weighted by Crippen LogP contribution is 2.09. The molecule has 1 aliphatic heterocycles. The predicted molar refractivity (Wildman–Crippen MR) is 94.3 cm³/mol. The van der Waals surface area contributed by atoms with Crippen molar-refractivity contribution < 1.29 is 4.79 Å². The monoisotopic (exact) mass is 329 g/mol. The van der Waals surface area contributed by atoms with E-state index in [4.69, 9.17) is 0 Å². The summed E-state index contributed by atoms with van der Waals surface area (Å²) in [4.78, 5) is 17.9. The first-order valence-electron chi connectivity index (χ1n) is 8.07. The van der Waals surface area contributed by atoms with E-state index in [9.17, 15) is 4.79 Å². The van der Waals surface area contributed by atoms with Gasteiger partial charge >= 0.3 is 0 Å². The van der Waals surface area contributed by atoms with Gasteiger partial charge in [-0.15, -0.1) is 11.3 Å². The van der Waals surface area contributed by atoms with Crippen molar-refractivity contribution in [1.82, 2.24) is 15.1 Å². The van der Waals surface area contributed by atoms with E-state index >= 15 is 0 Å². The number of piperazine rings is 1. The first-order valence-corrected chi connectivity index (χ1v) is 8.95. The smallest absolute Gasteiger partial charge is 0.234 e. The highest BCUT2D eigenvalue weighted by Gasteiger charge is 2.18. The summed E-state index contributed by atoms with van der Waals surface area (Å²) >= 11 is 1.68. The van der Waals surface area contributed by atoms with E-state index in [1.807, 2.05) is 17.5 Å². The van der Waals surface area contributed by atoms with E-state index in [-0.39, 0.29) is 5.91 Å². The summed E-state index contributed by atoms with van der Waals surface area (Å²) < 4.78 is 0. The number of benzene rings is 1. The normalized spacial score (nSPS) is 16.3. The topological polar surface area (TPSA) is 35.6 Å². The van der Waals surface area contributed by atoms with E-state index in [1.54, 1.807) is 11.3 Å². The summed E-state index contributed by atoms with van der Waals surface area (Å²) in [6.45, 7) is 6.10. The molecule has 2 heterocycles. The summed E-state index contributed by atoms with van der Waals surface area (Å²) in [6.07, 6.45) is 0.